The first kappa shape index (κ1) is 13.5. The van der Waals surface area contributed by atoms with Gasteiger partial charge in [0.05, 0.1) is 6.10 Å². The van der Waals surface area contributed by atoms with Crippen molar-refractivity contribution in [1.82, 2.24) is 5.43 Å². The van der Waals surface area contributed by atoms with E-state index in [1.54, 1.807) is 0 Å². The van der Waals surface area contributed by atoms with E-state index >= 15 is 0 Å². The first-order valence-electron chi connectivity index (χ1n) is 6.94. The van der Waals surface area contributed by atoms with Gasteiger partial charge in [-0.25, -0.2) is 0 Å². The Balaban J connectivity index is 1.88. The highest BCUT2D eigenvalue weighted by Gasteiger charge is 2.17. The van der Waals surface area contributed by atoms with Crippen LogP contribution in [0, 0.1) is 6.92 Å². The van der Waals surface area contributed by atoms with E-state index in [1.807, 2.05) is 0 Å². The molecule has 0 radical (unpaired) electrons. The minimum atomic E-state index is 0.232. The Bertz CT molecular complexity index is 361. The Morgan fingerprint density at radius 3 is 3.00 bits per heavy atom. The van der Waals surface area contributed by atoms with Crippen molar-refractivity contribution in [3.05, 3.63) is 35.4 Å². The molecule has 0 aliphatic carbocycles. The Morgan fingerprint density at radius 1 is 1.44 bits per heavy atom. The van der Waals surface area contributed by atoms with Gasteiger partial charge in [0.1, 0.15) is 0 Å². The van der Waals surface area contributed by atoms with E-state index in [-0.39, 0.29) is 6.04 Å². The van der Waals surface area contributed by atoms with Crippen molar-refractivity contribution in [2.45, 2.75) is 51.2 Å². The van der Waals surface area contributed by atoms with Crippen molar-refractivity contribution in [1.29, 1.82) is 0 Å². The normalized spacial score (nSPS) is 21.8. The van der Waals surface area contributed by atoms with Gasteiger partial charge in [-0.3, -0.25) is 11.3 Å². The molecule has 2 rings (SSSR count). The van der Waals surface area contributed by atoms with Gasteiger partial charge in [0, 0.05) is 12.6 Å². The summed E-state index contributed by atoms with van der Waals surface area (Å²) in [6.07, 6.45) is 6.26. The van der Waals surface area contributed by atoms with E-state index in [9.17, 15) is 0 Å². The molecule has 3 heteroatoms. The number of aryl methyl sites for hydroxylation is 1. The molecule has 3 nitrogen and oxygen atoms in total. The lowest BCUT2D eigenvalue weighted by Gasteiger charge is -2.25. The lowest BCUT2D eigenvalue weighted by atomic mass is 9.97. The molecule has 100 valence electrons. The van der Waals surface area contributed by atoms with E-state index in [0.717, 1.165) is 19.4 Å². The second kappa shape index (κ2) is 6.88. The summed E-state index contributed by atoms with van der Waals surface area (Å²) in [6.45, 7) is 3.04. The van der Waals surface area contributed by atoms with Crippen LogP contribution in [-0.2, 0) is 4.74 Å². The highest BCUT2D eigenvalue weighted by atomic mass is 16.5. The number of rotatable bonds is 5. The van der Waals surface area contributed by atoms with Gasteiger partial charge in [0.25, 0.3) is 0 Å². The molecule has 1 aromatic carbocycles. The number of hydrogen-bond donors (Lipinski definition) is 2. The van der Waals surface area contributed by atoms with Crippen LogP contribution in [0.3, 0.4) is 0 Å². The lowest BCUT2D eigenvalue weighted by Crippen LogP contribution is -2.29. The molecule has 0 aromatic heterocycles. The van der Waals surface area contributed by atoms with Gasteiger partial charge in [0.2, 0.25) is 0 Å². The molecule has 0 spiro atoms. The monoisotopic (exact) mass is 248 g/mol. The molecule has 2 unspecified atom stereocenters. The van der Waals surface area contributed by atoms with E-state index in [1.165, 1.54) is 30.4 Å². The first-order chi connectivity index (χ1) is 8.79. The SMILES string of the molecule is Cc1cccc(C(CCC2CCCCO2)NN)c1. The Labute approximate surface area is 110 Å². The van der Waals surface area contributed by atoms with Gasteiger partial charge < -0.3 is 4.74 Å². The third-order valence-corrected chi connectivity index (χ3v) is 3.70. The maximum absolute atomic E-state index is 5.76. The number of benzene rings is 1. The Morgan fingerprint density at radius 2 is 2.33 bits per heavy atom. The summed E-state index contributed by atoms with van der Waals surface area (Å²) < 4.78 is 5.76. The van der Waals surface area contributed by atoms with Crippen LogP contribution in [0.2, 0.25) is 0 Å². The van der Waals surface area contributed by atoms with Crippen molar-refractivity contribution in [3.63, 3.8) is 0 Å². The third-order valence-electron chi connectivity index (χ3n) is 3.70. The Kier molecular flexibility index (Phi) is 5.17. The number of hydrogen-bond acceptors (Lipinski definition) is 3. The zero-order valence-corrected chi connectivity index (χ0v) is 11.2. The maximum atomic E-state index is 5.76. The van der Waals surface area contributed by atoms with Crippen LogP contribution in [0.15, 0.2) is 24.3 Å². The van der Waals surface area contributed by atoms with Crippen molar-refractivity contribution >= 4 is 0 Å². The average Bonchev–Trinajstić information content (AvgIpc) is 2.41. The van der Waals surface area contributed by atoms with Crippen LogP contribution in [0.25, 0.3) is 0 Å². The van der Waals surface area contributed by atoms with E-state index in [0.29, 0.717) is 6.10 Å². The zero-order chi connectivity index (χ0) is 12.8. The molecule has 1 heterocycles. The van der Waals surface area contributed by atoms with Gasteiger partial charge in [-0.1, -0.05) is 29.8 Å². The molecule has 3 N–H and O–H groups in total. The standard InChI is InChI=1S/C15H24N2O/c1-12-5-4-6-13(11-12)15(17-16)9-8-14-7-2-3-10-18-14/h4-6,11,14-15,17H,2-3,7-10,16H2,1H3. The molecular formula is C15H24N2O. The van der Waals surface area contributed by atoms with Crippen LogP contribution in [0.5, 0.6) is 0 Å². The second-order valence-electron chi connectivity index (χ2n) is 5.20. The predicted molar refractivity (Wildman–Crippen MR) is 74.1 cm³/mol. The number of nitrogens with one attached hydrogen (secondary N) is 1. The van der Waals surface area contributed by atoms with Crippen LogP contribution in [0.1, 0.15) is 49.3 Å². The minimum absolute atomic E-state index is 0.232. The molecule has 1 aliphatic heterocycles. The summed E-state index contributed by atoms with van der Waals surface area (Å²) in [5.74, 6) is 5.68. The smallest absolute Gasteiger partial charge is 0.0575 e. The van der Waals surface area contributed by atoms with Gasteiger partial charge in [-0.2, -0.15) is 0 Å². The van der Waals surface area contributed by atoms with Gasteiger partial charge in [0.15, 0.2) is 0 Å². The molecular weight excluding hydrogens is 224 g/mol. The highest BCUT2D eigenvalue weighted by Crippen LogP contribution is 2.23. The second-order valence-corrected chi connectivity index (χ2v) is 5.20. The number of nitrogens with two attached hydrogens (primary N) is 1. The predicted octanol–water partition coefficient (Wildman–Crippen LogP) is 2.85. The van der Waals surface area contributed by atoms with E-state index in [4.69, 9.17) is 10.6 Å². The summed E-state index contributed by atoms with van der Waals surface area (Å²) in [7, 11) is 0. The Hall–Kier alpha value is -0.900. The van der Waals surface area contributed by atoms with Crippen LogP contribution in [0.4, 0.5) is 0 Å². The molecule has 0 amide bonds. The summed E-state index contributed by atoms with van der Waals surface area (Å²) >= 11 is 0. The summed E-state index contributed by atoms with van der Waals surface area (Å²) in [6, 6.07) is 8.77. The summed E-state index contributed by atoms with van der Waals surface area (Å²) in [5.41, 5.74) is 5.48. The average molecular weight is 248 g/mol. The molecule has 18 heavy (non-hydrogen) atoms. The van der Waals surface area contributed by atoms with Crippen molar-refractivity contribution in [2.75, 3.05) is 6.61 Å². The quantitative estimate of drug-likeness (QED) is 0.622. The molecule has 2 atom stereocenters. The lowest BCUT2D eigenvalue weighted by molar-refractivity contribution is 0.00854. The molecule has 0 saturated carbocycles. The number of hydrazine groups is 1. The summed E-state index contributed by atoms with van der Waals surface area (Å²) in [5, 5.41) is 0. The number of ether oxygens (including phenoxy) is 1. The first-order valence-corrected chi connectivity index (χ1v) is 6.94. The minimum Gasteiger partial charge on any atom is -0.378 e. The molecule has 1 fully saturated rings. The van der Waals surface area contributed by atoms with Crippen LogP contribution >= 0.6 is 0 Å². The molecule has 1 saturated heterocycles. The zero-order valence-electron chi connectivity index (χ0n) is 11.2. The fourth-order valence-corrected chi connectivity index (χ4v) is 2.62. The maximum Gasteiger partial charge on any atom is 0.0575 e. The van der Waals surface area contributed by atoms with Gasteiger partial charge in [-0.15, -0.1) is 0 Å². The van der Waals surface area contributed by atoms with E-state index < -0.39 is 0 Å². The molecule has 1 aromatic rings. The van der Waals surface area contributed by atoms with Crippen molar-refractivity contribution < 1.29 is 4.74 Å². The van der Waals surface area contributed by atoms with Crippen molar-refractivity contribution in [3.8, 4) is 0 Å². The van der Waals surface area contributed by atoms with E-state index in [2.05, 4.69) is 36.6 Å². The largest absolute Gasteiger partial charge is 0.378 e. The van der Waals surface area contributed by atoms with Gasteiger partial charge in [-0.05, 0) is 44.6 Å². The van der Waals surface area contributed by atoms with Crippen molar-refractivity contribution in [2.24, 2.45) is 5.84 Å². The fourth-order valence-electron chi connectivity index (χ4n) is 2.62. The third kappa shape index (κ3) is 3.80. The fraction of sp³-hybridized carbons (Fsp3) is 0.600. The highest BCUT2D eigenvalue weighted by molar-refractivity contribution is 5.24. The van der Waals surface area contributed by atoms with Crippen LogP contribution < -0.4 is 11.3 Å². The molecule has 1 aliphatic rings. The summed E-state index contributed by atoms with van der Waals surface area (Å²) in [4.78, 5) is 0. The van der Waals surface area contributed by atoms with Crippen LogP contribution in [-0.4, -0.2) is 12.7 Å². The topological polar surface area (TPSA) is 47.3 Å². The molecule has 0 bridgehead atoms. The van der Waals surface area contributed by atoms with Gasteiger partial charge >= 0.3 is 0 Å².